The topological polar surface area (TPSA) is 59.4 Å². The summed E-state index contributed by atoms with van der Waals surface area (Å²) in [6, 6.07) is 8.81. The number of hydrogen-bond acceptors (Lipinski definition) is 4. The second kappa shape index (κ2) is 6.53. The molecule has 1 amide bonds. The number of hydrogen-bond donors (Lipinski definition) is 1. The van der Waals surface area contributed by atoms with Gasteiger partial charge < -0.3 is 15.0 Å². The minimum absolute atomic E-state index is 0.0347. The standard InChI is InChI=1S/C21H24N4O2/c1-2-19(26)24-11-12-27-21-20-17(13-24)22-10-9-18(20)25(23-21)16-7-5-15(6-8-16)14-3-4-14/h2,5-8,14,17,22H,1,3-4,9-13H2. The molecule has 1 fully saturated rings. The van der Waals surface area contributed by atoms with Gasteiger partial charge in [0, 0.05) is 19.5 Å². The smallest absolute Gasteiger partial charge is 0.246 e. The molecule has 1 saturated carbocycles. The van der Waals surface area contributed by atoms with Gasteiger partial charge >= 0.3 is 0 Å². The Bertz CT molecular complexity index is 882. The minimum atomic E-state index is -0.0565. The molecule has 1 atom stereocenters. The molecule has 2 aromatic rings. The Hall–Kier alpha value is -2.60. The third-order valence-corrected chi connectivity index (χ3v) is 5.76. The fourth-order valence-electron chi connectivity index (χ4n) is 4.17. The number of ether oxygens (including phenoxy) is 1. The first-order chi connectivity index (χ1) is 13.2. The van der Waals surface area contributed by atoms with Crippen molar-refractivity contribution in [2.24, 2.45) is 0 Å². The first-order valence-corrected chi connectivity index (χ1v) is 9.74. The molecule has 1 unspecified atom stereocenters. The van der Waals surface area contributed by atoms with E-state index in [4.69, 9.17) is 9.84 Å². The first-order valence-electron chi connectivity index (χ1n) is 9.74. The maximum Gasteiger partial charge on any atom is 0.246 e. The van der Waals surface area contributed by atoms with Crippen molar-refractivity contribution in [2.45, 2.75) is 31.2 Å². The molecule has 0 radical (unpaired) electrons. The van der Waals surface area contributed by atoms with Gasteiger partial charge in [0.25, 0.3) is 0 Å². The highest BCUT2D eigenvalue weighted by Gasteiger charge is 2.33. The van der Waals surface area contributed by atoms with Crippen molar-refractivity contribution < 1.29 is 9.53 Å². The number of amides is 1. The molecule has 0 saturated heterocycles. The van der Waals surface area contributed by atoms with E-state index >= 15 is 0 Å². The summed E-state index contributed by atoms with van der Waals surface area (Å²) in [7, 11) is 0. The molecule has 140 valence electrons. The highest BCUT2D eigenvalue weighted by Crippen LogP contribution is 2.40. The lowest BCUT2D eigenvalue weighted by atomic mass is 9.99. The van der Waals surface area contributed by atoms with Crippen molar-refractivity contribution in [3.8, 4) is 11.6 Å². The van der Waals surface area contributed by atoms with Gasteiger partial charge in [-0.1, -0.05) is 18.7 Å². The van der Waals surface area contributed by atoms with Crippen LogP contribution in [0.1, 0.15) is 41.6 Å². The molecular weight excluding hydrogens is 340 g/mol. The van der Waals surface area contributed by atoms with Gasteiger partial charge in [0.1, 0.15) is 6.61 Å². The number of aromatic nitrogens is 2. The van der Waals surface area contributed by atoms with Crippen LogP contribution < -0.4 is 10.1 Å². The van der Waals surface area contributed by atoms with Gasteiger partial charge in [-0.05, 0) is 42.5 Å². The minimum Gasteiger partial charge on any atom is -0.474 e. The Morgan fingerprint density at radius 1 is 1.30 bits per heavy atom. The fraction of sp³-hybridized carbons (Fsp3) is 0.429. The van der Waals surface area contributed by atoms with Crippen molar-refractivity contribution in [3.05, 3.63) is 53.7 Å². The SMILES string of the molecule is C=CC(=O)N1CCOc2nn(-c3ccc(C4CC4)cc3)c3c2C(C1)NCC3. The van der Waals surface area contributed by atoms with Crippen LogP contribution in [0.4, 0.5) is 0 Å². The lowest BCUT2D eigenvalue weighted by Crippen LogP contribution is -2.44. The van der Waals surface area contributed by atoms with Crippen molar-refractivity contribution >= 4 is 5.91 Å². The van der Waals surface area contributed by atoms with E-state index < -0.39 is 0 Å². The van der Waals surface area contributed by atoms with Crippen molar-refractivity contribution in [1.29, 1.82) is 0 Å². The molecule has 27 heavy (non-hydrogen) atoms. The molecule has 3 heterocycles. The van der Waals surface area contributed by atoms with Crippen LogP contribution in [0, 0.1) is 0 Å². The molecule has 0 bridgehead atoms. The third-order valence-electron chi connectivity index (χ3n) is 5.76. The summed E-state index contributed by atoms with van der Waals surface area (Å²) in [5, 5.41) is 8.32. The van der Waals surface area contributed by atoms with Crippen LogP contribution >= 0.6 is 0 Å². The number of rotatable bonds is 3. The molecule has 1 N–H and O–H groups in total. The Morgan fingerprint density at radius 3 is 2.85 bits per heavy atom. The molecule has 1 aromatic carbocycles. The van der Waals surface area contributed by atoms with Crippen molar-refractivity contribution in [2.75, 3.05) is 26.2 Å². The van der Waals surface area contributed by atoms with E-state index in [-0.39, 0.29) is 11.9 Å². The van der Waals surface area contributed by atoms with E-state index in [1.165, 1.54) is 30.2 Å². The largest absolute Gasteiger partial charge is 0.474 e. The predicted molar refractivity (Wildman–Crippen MR) is 102 cm³/mol. The molecule has 2 aliphatic heterocycles. The van der Waals surface area contributed by atoms with Gasteiger partial charge in [-0.3, -0.25) is 4.79 Å². The Kier molecular flexibility index (Phi) is 4.01. The number of nitrogens with one attached hydrogen (secondary N) is 1. The van der Waals surface area contributed by atoms with E-state index in [9.17, 15) is 4.79 Å². The van der Waals surface area contributed by atoms with Gasteiger partial charge in [0.2, 0.25) is 11.8 Å². The summed E-state index contributed by atoms with van der Waals surface area (Å²) in [5.74, 6) is 1.39. The van der Waals surface area contributed by atoms with Crippen LogP contribution in [0.25, 0.3) is 5.69 Å². The molecule has 5 rings (SSSR count). The monoisotopic (exact) mass is 364 g/mol. The number of benzene rings is 1. The second-order valence-corrected chi connectivity index (χ2v) is 7.54. The molecule has 6 nitrogen and oxygen atoms in total. The van der Waals surface area contributed by atoms with Crippen LogP contribution in [0.15, 0.2) is 36.9 Å². The summed E-state index contributed by atoms with van der Waals surface area (Å²) in [4.78, 5) is 13.9. The van der Waals surface area contributed by atoms with Crippen LogP contribution in [-0.4, -0.2) is 46.8 Å². The van der Waals surface area contributed by atoms with Gasteiger partial charge in [0.05, 0.1) is 29.5 Å². The van der Waals surface area contributed by atoms with Crippen LogP contribution in [0.5, 0.6) is 5.88 Å². The first kappa shape index (κ1) is 16.6. The van der Waals surface area contributed by atoms with Gasteiger partial charge in [-0.2, -0.15) is 0 Å². The zero-order chi connectivity index (χ0) is 18.4. The van der Waals surface area contributed by atoms with Crippen LogP contribution in [0.3, 0.4) is 0 Å². The van der Waals surface area contributed by atoms with Crippen molar-refractivity contribution in [3.63, 3.8) is 0 Å². The Balaban J connectivity index is 1.51. The van der Waals surface area contributed by atoms with E-state index in [0.717, 1.165) is 30.1 Å². The maximum atomic E-state index is 12.1. The second-order valence-electron chi connectivity index (χ2n) is 7.54. The summed E-state index contributed by atoms with van der Waals surface area (Å²) in [5.41, 5.74) is 4.77. The fourth-order valence-corrected chi connectivity index (χ4v) is 4.17. The molecular formula is C21H24N4O2. The number of carbonyl (C=O) groups is 1. The number of carbonyl (C=O) groups excluding carboxylic acids is 1. The maximum absolute atomic E-state index is 12.1. The van der Waals surface area contributed by atoms with Crippen LogP contribution in [0.2, 0.25) is 0 Å². The summed E-state index contributed by atoms with van der Waals surface area (Å²) in [6.07, 6.45) is 4.88. The molecule has 1 aromatic heterocycles. The van der Waals surface area contributed by atoms with Crippen LogP contribution in [-0.2, 0) is 11.2 Å². The Labute approximate surface area is 158 Å². The molecule has 3 aliphatic rings. The molecule has 0 spiro atoms. The van der Waals surface area contributed by atoms with E-state index in [1.807, 2.05) is 4.68 Å². The van der Waals surface area contributed by atoms with Gasteiger partial charge in [0.15, 0.2) is 0 Å². The third kappa shape index (κ3) is 2.94. The normalized spacial score (nSPS) is 21.6. The predicted octanol–water partition coefficient (Wildman–Crippen LogP) is 2.34. The molecule has 1 aliphatic carbocycles. The molecule has 6 heteroatoms. The summed E-state index contributed by atoms with van der Waals surface area (Å²) >= 11 is 0. The number of nitrogens with zero attached hydrogens (tertiary/aromatic N) is 3. The Morgan fingerprint density at radius 2 is 2.11 bits per heavy atom. The van der Waals surface area contributed by atoms with E-state index in [0.29, 0.717) is 25.6 Å². The lowest BCUT2D eigenvalue weighted by Gasteiger charge is -2.32. The average Bonchev–Trinajstić information content (AvgIpc) is 3.47. The zero-order valence-corrected chi connectivity index (χ0v) is 15.4. The van der Waals surface area contributed by atoms with Gasteiger partial charge in [-0.25, -0.2) is 4.68 Å². The summed E-state index contributed by atoms with van der Waals surface area (Å²) in [6.45, 7) is 6.07. The van der Waals surface area contributed by atoms with Crippen molar-refractivity contribution in [1.82, 2.24) is 20.0 Å². The van der Waals surface area contributed by atoms with E-state index in [1.54, 1.807) is 4.90 Å². The van der Waals surface area contributed by atoms with E-state index in [2.05, 4.69) is 36.2 Å². The quantitative estimate of drug-likeness (QED) is 0.850. The van der Waals surface area contributed by atoms with Gasteiger partial charge in [-0.15, -0.1) is 5.10 Å². The zero-order valence-electron chi connectivity index (χ0n) is 15.4. The lowest BCUT2D eigenvalue weighted by molar-refractivity contribution is -0.127. The highest BCUT2D eigenvalue weighted by atomic mass is 16.5. The average molecular weight is 364 g/mol. The highest BCUT2D eigenvalue weighted by molar-refractivity contribution is 5.87. The summed E-state index contributed by atoms with van der Waals surface area (Å²) < 4.78 is 8.00.